The van der Waals surface area contributed by atoms with Crippen molar-refractivity contribution >= 4 is 34.1 Å². The van der Waals surface area contributed by atoms with Gasteiger partial charge in [-0.3, -0.25) is 9.59 Å². The van der Waals surface area contributed by atoms with E-state index in [1.807, 2.05) is 0 Å². The van der Waals surface area contributed by atoms with Crippen molar-refractivity contribution in [3.8, 4) is 0 Å². The number of carboxylic acids is 1. The summed E-state index contributed by atoms with van der Waals surface area (Å²) in [4.78, 5) is 35.8. The Labute approximate surface area is 102 Å². The first-order valence-corrected chi connectivity index (χ1v) is 6.01. The lowest BCUT2D eigenvalue weighted by atomic mass is 10.00. The van der Waals surface area contributed by atoms with Crippen molar-refractivity contribution in [2.75, 3.05) is 4.90 Å². The van der Waals surface area contributed by atoms with Gasteiger partial charge >= 0.3 is 5.97 Å². The number of carbonyl (C=O) groups is 3. The van der Waals surface area contributed by atoms with Crippen LogP contribution in [0.5, 0.6) is 0 Å². The molecule has 0 radical (unpaired) electrons. The lowest BCUT2D eigenvalue weighted by Gasteiger charge is -2.13. The number of carbonyl (C=O) groups excluding carboxylic acids is 2. The third-order valence-electron chi connectivity index (χ3n) is 3.05. The largest absolute Gasteiger partial charge is 0.478 e. The Morgan fingerprint density at radius 1 is 1.29 bits per heavy atom. The van der Waals surface area contributed by atoms with Crippen LogP contribution in [0.3, 0.4) is 0 Å². The quantitative estimate of drug-likeness (QED) is 0.812. The Morgan fingerprint density at radius 2 is 1.82 bits per heavy atom. The van der Waals surface area contributed by atoms with Gasteiger partial charge in [0.25, 0.3) is 0 Å². The zero-order valence-electron chi connectivity index (χ0n) is 9.34. The molecular weight excluding hydrogens is 242 g/mol. The second-order valence-corrected chi connectivity index (χ2v) is 4.93. The molecule has 2 rings (SSSR count). The number of anilines is 1. The lowest BCUT2D eigenvalue weighted by Crippen LogP contribution is -2.31. The van der Waals surface area contributed by atoms with Gasteiger partial charge in [0.1, 0.15) is 5.00 Å². The number of imide groups is 1. The van der Waals surface area contributed by atoms with E-state index in [0.717, 1.165) is 16.2 Å². The fraction of sp³-hybridized carbons (Fsp3) is 0.364. The van der Waals surface area contributed by atoms with E-state index < -0.39 is 17.8 Å². The molecule has 5 nitrogen and oxygen atoms in total. The molecule has 6 heteroatoms. The number of carboxylic acid groups (broad SMARTS) is 1. The Morgan fingerprint density at radius 3 is 2.29 bits per heavy atom. The van der Waals surface area contributed by atoms with Gasteiger partial charge in [-0.25, -0.2) is 9.69 Å². The molecule has 1 N–H and O–H groups in total. The smallest absolute Gasteiger partial charge is 0.338 e. The van der Waals surface area contributed by atoms with E-state index in [1.54, 1.807) is 19.2 Å². The second-order valence-electron chi connectivity index (χ2n) is 4.03. The van der Waals surface area contributed by atoms with Crippen LogP contribution in [-0.4, -0.2) is 22.9 Å². The average Bonchev–Trinajstić information content (AvgIpc) is 2.81. The minimum absolute atomic E-state index is 0.00185. The average molecular weight is 253 g/mol. The molecule has 2 unspecified atom stereocenters. The van der Waals surface area contributed by atoms with Crippen LogP contribution < -0.4 is 4.90 Å². The van der Waals surface area contributed by atoms with Gasteiger partial charge in [0.2, 0.25) is 11.8 Å². The van der Waals surface area contributed by atoms with E-state index in [4.69, 9.17) is 5.11 Å². The van der Waals surface area contributed by atoms with Crippen molar-refractivity contribution in [3.05, 3.63) is 17.0 Å². The van der Waals surface area contributed by atoms with Gasteiger partial charge < -0.3 is 5.11 Å². The lowest BCUT2D eigenvalue weighted by molar-refractivity contribution is -0.122. The van der Waals surface area contributed by atoms with Crippen LogP contribution in [0.4, 0.5) is 5.00 Å². The zero-order chi connectivity index (χ0) is 12.7. The monoisotopic (exact) mass is 253 g/mol. The highest BCUT2D eigenvalue weighted by atomic mass is 32.1. The van der Waals surface area contributed by atoms with Gasteiger partial charge in [0.15, 0.2) is 0 Å². The number of hydrogen-bond donors (Lipinski definition) is 1. The molecule has 0 spiro atoms. The van der Waals surface area contributed by atoms with Crippen LogP contribution in [0.1, 0.15) is 24.2 Å². The normalized spacial score (nSPS) is 24.5. The van der Waals surface area contributed by atoms with Crippen LogP contribution in [0.2, 0.25) is 0 Å². The van der Waals surface area contributed by atoms with Gasteiger partial charge in [-0.15, -0.1) is 11.3 Å². The highest BCUT2D eigenvalue weighted by molar-refractivity contribution is 7.15. The van der Waals surface area contributed by atoms with Crippen LogP contribution in [0.15, 0.2) is 11.4 Å². The molecular formula is C11H11NO4S. The molecule has 0 aliphatic carbocycles. The van der Waals surface area contributed by atoms with Crippen LogP contribution >= 0.6 is 11.3 Å². The van der Waals surface area contributed by atoms with Crippen molar-refractivity contribution in [2.45, 2.75) is 13.8 Å². The van der Waals surface area contributed by atoms with Crippen molar-refractivity contribution in [1.82, 2.24) is 0 Å². The molecule has 2 atom stereocenters. The van der Waals surface area contributed by atoms with Gasteiger partial charge in [0, 0.05) is 11.8 Å². The summed E-state index contributed by atoms with van der Waals surface area (Å²) in [6.45, 7) is 3.36. The summed E-state index contributed by atoms with van der Waals surface area (Å²) in [5, 5.41) is 10.8. The van der Waals surface area contributed by atoms with Crippen molar-refractivity contribution < 1.29 is 19.5 Å². The fourth-order valence-corrected chi connectivity index (χ4v) is 2.68. The summed E-state index contributed by atoms with van der Waals surface area (Å²) in [5.41, 5.74) is -0.00185. The number of hydrogen-bond acceptors (Lipinski definition) is 4. The summed E-state index contributed by atoms with van der Waals surface area (Å²) in [7, 11) is 0. The number of rotatable bonds is 2. The summed E-state index contributed by atoms with van der Waals surface area (Å²) in [6.07, 6.45) is 0. The maximum absolute atomic E-state index is 11.9. The molecule has 1 aliphatic heterocycles. The second kappa shape index (κ2) is 3.96. The SMILES string of the molecule is CC1C(=O)N(c2sccc2C(=O)O)C(=O)C1C. The van der Waals surface area contributed by atoms with Crippen molar-refractivity contribution in [3.63, 3.8) is 0 Å². The minimum atomic E-state index is -1.13. The molecule has 17 heavy (non-hydrogen) atoms. The van der Waals surface area contributed by atoms with Gasteiger partial charge in [-0.1, -0.05) is 13.8 Å². The van der Waals surface area contributed by atoms with Crippen LogP contribution in [0.25, 0.3) is 0 Å². The van der Waals surface area contributed by atoms with E-state index in [0.29, 0.717) is 0 Å². The topological polar surface area (TPSA) is 74.7 Å². The van der Waals surface area contributed by atoms with Crippen LogP contribution in [0, 0.1) is 11.8 Å². The van der Waals surface area contributed by atoms with E-state index in [9.17, 15) is 14.4 Å². The molecule has 1 saturated heterocycles. The number of amides is 2. The maximum Gasteiger partial charge on any atom is 0.338 e. The molecule has 2 amide bonds. The van der Waals surface area contributed by atoms with E-state index >= 15 is 0 Å². The van der Waals surface area contributed by atoms with Gasteiger partial charge in [-0.05, 0) is 11.4 Å². The molecule has 1 aromatic rings. The van der Waals surface area contributed by atoms with Crippen molar-refractivity contribution in [2.24, 2.45) is 11.8 Å². The molecule has 0 saturated carbocycles. The number of aromatic carboxylic acids is 1. The molecule has 90 valence electrons. The first-order valence-electron chi connectivity index (χ1n) is 5.13. The predicted molar refractivity (Wildman–Crippen MR) is 62.1 cm³/mol. The molecule has 0 bridgehead atoms. The Hall–Kier alpha value is -1.69. The fourth-order valence-electron chi connectivity index (χ4n) is 1.78. The van der Waals surface area contributed by atoms with Crippen molar-refractivity contribution in [1.29, 1.82) is 0 Å². The van der Waals surface area contributed by atoms with E-state index in [-0.39, 0.29) is 22.4 Å². The Bertz CT molecular complexity index is 487. The zero-order valence-corrected chi connectivity index (χ0v) is 10.2. The van der Waals surface area contributed by atoms with Crippen LogP contribution in [-0.2, 0) is 9.59 Å². The first kappa shape index (κ1) is 11.8. The molecule has 2 heterocycles. The summed E-state index contributed by atoms with van der Waals surface area (Å²) >= 11 is 1.09. The minimum Gasteiger partial charge on any atom is -0.478 e. The third kappa shape index (κ3) is 1.64. The van der Waals surface area contributed by atoms with Gasteiger partial charge in [0.05, 0.1) is 5.56 Å². The van der Waals surface area contributed by atoms with E-state index in [2.05, 4.69) is 0 Å². The van der Waals surface area contributed by atoms with E-state index in [1.165, 1.54) is 6.07 Å². The standard InChI is InChI=1S/C11H11NO4S/c1-5-6(2)9(14)12(8(5)13)10-7(11(15)16)3-4-17-10/h3-6H,1-2H3,(H,15,16). The number of thiophene rings is 1. The summed E-state index contributed by atoms with van der Waals surface area (Å²) in [6, 6.07) is 1.40. The Kier molecular flexibility index (Phi) is 2.74. The maximum atomic E-state index is 11.9. The molecule has 1 aromatic heterocycles. The number of nitrogens with zero attached hydrogens (tertiary/aromatic N) is 1. The predicted octanol–water partition coefficient (Wildman–Crippen LogP) is 1.59. The highest BCUT2D eigenvalue weighted by Crippen LogP contribution is 2.35. The summed E-state index contributed by atoms with van der Waals surface area (Å²) in [5.74, 6) is -2.58. The third-order valence-corrected chi connectivity index (χ3v) is 3.95. The first-order chi connectivity index (χ1) is 7.95. The molecule has 1 fully saturated rings. The highest BCUT2D eigenvalue weighted by Gasteiger charge is 2.44. The summed E-state index contributed by atoms with van der Waals surface area (Å²) < 4.78 is 0. The molecule has 0 aromatic carbocycles. The molecule has 1 aliphatic rings. The van der Waals surface area contributed by atoms with Gasteiger partial charge in [-0.2, -0.15) is 0 Å². The Balaban J connectivity index is 2.47.